The number of hydrogen-bond acceptors (Lipinski definition) is 4. The predicted octanol–water partition coefficient (Wildman–Crippen LogP) is 3.55. The SMILES string of the molecule is CCc1ccc(-c2nn(C)c(N)c2-c2cccs2)o1. The largest absolute Gasteiger partial charge is 0.459 e. The summed E-state index contributed by atoms with van der Waals surface area (Å²) in [5, 5.41) is 6.52. The van der Waals surface area contributed by atoms with E-state index in [-0.39, 0.29) is 0 Å². The van der Waals surface area contributed by atoms with Crippen LogP contribution in [0.15, 0.2) is 34.1 Å². The van der Waals surface area contributed by atoms with Crippen molar-refractivity contribution in [3.8, 4) is 21.9 Å². The van der Waals surface area contributed by atoms with Crippen LogP contribution in [0.4, 0.5) is 5.82 Å². The molecule has 0 spiro atoms. The smallest absolute Gasteiger partial charge is 0.155 e. The molecule has 3 rings (SSSR count). The normalized spacial score (nSPS) is 11.1. The Hall–Kier alpha value is -2.01. The van der Waals surface area contributed by atoms with E-state index >= 15 is 0 Å². The van der Waals surface area contributed by atoms with Crippen LogP contribution < -0.4 is 5.73 Å². The average Bonchev–Trinajstić information content (AvgIpc) is 3.11. The third-order valence-electron chi connectivity index (χ3n) is 3.10. The molecule has 3 aromatic rings. The highest BCUT2D eigenvalue weighted by atomic mass is 32.1. The van der Waals surface area contributed by atoms with Crippen LogP contribution in [0.3, 0.4) is 0 Å². The van der Waals surface area contributed by atoms with Crippen molar-refractivity contribution >= 4 is 17.2 Å². The summed E-state index contributed by atoms with van der Waals surface area (Å²) in [6.45, 7) is 2.07. The number of hydrogen-bond donors (Lipinski definition) is 1. The van der Waals surface area contributed by atoms with Crippen LogP contribution in [0.1, 0.15) is 12.7 Å². The third-order valence-corrected chi connectivity index (χ3v) is 3.99. The number of aromatic nitrogens is 2. The van der Waals surface area contributed by atoms with Crippen LogP contribution in [-0.2, 0) is 13.5 Å². The maximum atomic E-state index is 6.14. The van der Waals surface area contributed by atoms with Gasteiger partial charge in [0.25, 0.3) is 0 Å². The lowest BCUT2D eigenvalue weighted by Crippen LogP contribution is -1.97. The molecule has 5 heteroatoms. The second kappa shape index (κ2) is 4.59. The summed E-state index contributed by atoms with van der Waals surface area (Å²) in [4.78, 5) is 1.11. The fourth-order valence-electron chi connectivity index (χ4n) is 2.07. The molecule has 0 aliphatic carbocycles. The molecule has 0 atom stereocenters. The number of thiophene rings is 1. The summed E-state index contributed by atoms with van der Waals surface area (Å²) < 4.78 is 7.49. The van der Waals surface area contributed by atoms with E-state index in [1.165, 1.54) is 0 Å². The van der Waals surface area contributed by atoms with Gasteiger partial charge in [-0.05, 0) is 23.6 Å². The molecule has 19 heavy (non-hydrogen) atoms. The molecule has 0 unspecified atom stereocenters. The summed E-state index contributed by atoms with van der Waals surface area (Å²) in [7, 11) is 1.85. The van der Waals surface area contributed by atoms with Gasteiger partial charge in [-0.3, -0.25) is 4.68 Å². The fourth-order valence-corrected chi connectivity index (χ4v) is 2.85. The standard InChI is InChI=1S/C14H15N3OS/c1-3-9-6-7-10(18-9)13-12(11-5-4-8-19-11)14(15)17(2)16-13/h4-8H,3,15H2,1-2H3. The Balaban J connectivity index is 2.19. The van der Waals surface area contributed by atoms with Gasteiger partial charge in [0.1, 0.15) is 17.3 Å². The van der Waals surface area contributed by atoms with Gasteiger partial charge in [-0.2, -0.15) is 5.10 Å². The number of anilines is 1. The molecular formula is C14H15N3OS. The number of rotatable bonds is 3. The average molecular weight is 273 g/mol. The molecule has 0 aliphatic heterocycles. The van der Waals surface area contributed by atoms with E-state index in [1.807, 2.05) is 36.7 Å². The number of nitrogens with zero attached hydrogens (tertiary/aromatic N) is 2. The molecule has 0 radical (unpaired) electrons. The van der Waals surface area contributed by atoms with Gasteiger partial charge in [0, 0.05) is 18.3 Å². The van der Waals surface area contributed by atoms with Crippen molar-refractivity contribution in [2.45, 2.75) is 13.3 Å². The second-order valence-corrected chi connectivity index (χ2v) is 5.28. The maximum absolute atomic E-state index is 6.14. The first-order valence-electron chi connectivity index (χ1n) is 6.16. The van der Waals surface area contributed by atoms with Crippen molar-refractivity contribution in [3.63, 3.8) is 0 Å². The van der Waals surface area contributed by atoms with Gasteiger partial charge in [-0.1, -0.05) is 13.0 Å². The lowest BCUT2D eigenvalue weighted by Gasteiger charge is -1.99. The topological polar surface area (TPSA) is 57.0 Å². The molecular weight excluding hydrogens is 258 g/mol. The van der Waals surface area contributed by atoms with Crippen LogP contribution >= 0.6 is 11.3 Å². The van der Waals surface area contributed by atoms with Gasteiger partial charge in [0.15, 0.2) is 5.76 Å². The molecule has 0 aliphatic rings. The molecule has 0 bridgehead atoms. The third kappa shape index (κ3) is 1.96. The van der Waals surface area contributed by atoms with Crippen molar-refractivity contribution in [2.75, 3.05) is 5.73 Å². The zero-order chi connectivity index (χ0) is 13.4. The molecule has 0 aromatic carbocycles. The number of furan rings is 1. The second-order valence-electron chi connectivity index (χ2n) is 4.33. The van der Waals surface area contributed by atoms with Crippen LogP contribution in [0.2, 0.25) is 0 Å². The summed E-state index contributed by atoms with van der Waals surface area (Å²) in [5.74, 6) is 2.39. The van der Waals surface area contributed by atoms with E-state index in [2.05, 4.69) is 12.0 Å². The monoisotopic (exact) mass is 273 g/mol. The summed E-state index contributed by atoms with van der Waals surface area (Å²) in [6, 6.07) is 8.00. The zero-order valence-corrected chi connectivity index (χ0v) is 11.7. The molecule has 3 heterocycles. The molecule has 0 saturated heterocycles. The van der Waals surface area contributed by atoms with Crippen LogP contribution in [0, 0.1) is 0 Å². The van der Waals surface area contributed by atoms with E-state index in [9.17, 15) is 0 Å². The highest BCUT2D eigenvalue weighted by molar-refractivity contribution is 7.13. The number of nitrogens with two attached hydrogens (primary N) is 1. The van der Waals surface area contributed by atoms with Crippen molar-refractivity contribution in [3.05, 3.63) is 35.4 Å². The minimum Gasteiger partial charge on any atom is -0.459 e. The van der Waals surface area contributed by atoms with Crippen molar-refractivity contribution in [1.82, 2.24) is 9.78 Å². The van der Waals surface area contributed by atoms with Gasteiger partial charge < -0.3 is 10.2 Å². The molecule has 2 N–H and O–H groups in total. The number of aryl methyl sites for hydroxylation is 2. The van der Waals surface area contributed by atoms with Crippen molar-refractivity contribution in [2.24, 2.45) is 7.05 Å². The van der Waals surface area contributed by atoms with Crippen LogP contribution in [0.5, 0.6) is 0 Å². The quantitative estimate of drug-likeness (QED) is 0.794. The number of nitrogen functional groups attached to an aromatic ring is 1. The Bertz CT molecular complexity index is 694. The highest BCUT2D eigenvalue weighted by Gasteiger charge is 2.20. The minimum atomic E-state index is 0.659. The molecule has 0 saturated carbocycles. The van der Waals surface area contributed by atoms with Gasteiger partial charge in [-0.15, -0.1) is 11.3 Å². The fraction of sp³-hybridized carbons (Fsp3) is 0.214. The van der Waals surface area contributed by atoms with Gasteiger partial charge in [0.05, 0.1) is 5.56 Å². The molecule has 0 amide bonds. The van der Waals surface area contributed by atoms with E-state index in [1.54, 1.807) is 16.0 Å². The van der Waals surface area contributed by atoms with E-state index in [0.29, 0.717) is 5.82 Å². The first-order valence-corrected chi connectivity index (χ1v) is 7.04. The van der Waals surface area contributed by atoms with Crippen LogP contribution in [0.25, 0.3) is 21.9 Å². The summed E-state index contributed by atoms with van der Waals surface area (Å²) >= 11 is 1.65. The Kier molecular flexibility index (Phi) is 2.91. The van der Waals surface area contributed by atoms with E-state index < -0.39 is 0 Å². The molecule has 3 aromatic heterocycles. The Morgan fingerprint density at radius 1 is 1.37 bits per heavy atom. The molecule has 0 fully saturated rings. The lowest BCUT2D eigenvalue weighted by molar-refractivity contribution is 0.526. The van der Waals surface area contributed by atoms with Gasteiger partial charge in [0.2, 0.25) is 0 Å². The molecule has 98 valence electrons. The zero-order valence-electron chi connectivity index (χ0n) is 10.9. The Morgan fingerprint density at radius 2 is 2.21 bits per heavy atom. The van der Waals surface area contributed by atoms with Crippen LogP contribution in [-0.4, -0.2) is 9.78 Å². The van der Waals surface area contributed by atoms with Crippen molar-refractivity contribution in [1.29, 1.82) is 0 Å². The van der Waals surface area contributed by atoms with Gasteiger partial charge in [-0.25, -0.2) is 0 Å². The predicted molar refractivity (Wildman–Crippen MR) is 78.0 cm³/mol. The Morgan fingerprint density at radius 3 is 2.84 bits per heavy atom. The minimum absolute atomic E-state index is 0.659. The van der Waals surface area contributed by atoms with E-state index in [0.717, 1.165) is 34.1 Å². The first kappa shape index (κ1) is 12.0. The summed E-state index contributed by atoms with van der Waals surface area (Å²) in [5.41, 5.74) is 7.90. The van der Waals surface area contributed by atoms with E-state index in [4.69, 9.17) is 10.2 Å². The maximum Gasteiger partial charge on any atom is 0.155 e. The summed E-state index contributed by atoms with van der Waals surface area (Å²) in [6.07, 6.45) is 0.872. The van der Waals surface area contributed by atoms with Crippen molar-refractivity contribution < 1.29 is 4.42 Å². The first-order chi connectivity index (χ1) is 9.20. The highest BCUT2D eigenvalue weighted by Crippen LogP contribution is 2.38. The van der Waals surface area contributed by atoms with Gasteiger partial charge >= 0.3 is 0 Å². The molecule has 4 nitrogen and oxygen atoms in total. The lowest BCUT2D eigenvalue weighted by atomic mass is 10.1. The Labute approximate surface area is 115 Å².